The summed E-state index contributed by atoms with van der Waals surface area (Å²) in [6, 6.07) is 25.5. The van der Waals surface area contributed by atoms with Crippen molar-refractivity contribution in [3.05, 3.63) is 78.9 Å². The molecule has 1 heterocycles. The van der Waals surface area contributed by atoms with Gasteiger partial charge in [0.2, 0.25) is 0 Å². The fraction of sp³-hybridized carbons (Fsp3) is 0. The Labute approximate surface area is 128 Å². The fourth-order valence-corrected chi connectivity index (χ4v) is 2.23. The molecule has 0 aliphatic heterocycles. The van der Waals surface area contributed by atoms with E-state index >= 15 is 0 Å². The van der Waals surface area contributed by atoms with Gasteiger partial charge in [0, 0.05) is 21.8 Å². The van der Waals surface area contributed by atoms with Crippen molar-refractivity contribution in [1.29, 1.82) is 0 Å². The summed E-state index contributed by atoms with van der Waals surface area (Å²) in [6.45, 7) is 2.00. The Hall–Kier alpha value is -3.07. The van der Waals surface area contributed by atoms with Crippen LogP contribution in [0.5, 0.6) is 5.75 Å². The van der Waals surface area contributed by atoms with Crippen LogP contribution < -0.4 is 0 Å². The molecular weight excluding hydrogens is 274 g/mol. The molecular formula is C19H17NO2. The van der Waals surface area contributed by atoms with Crippen LogP contribution in [0.1, 0.15) is 0 Å². The van der Waals surface area contributed by atoms with Crippen LogP contribution in [-0.2, 0) is 4.79 Å². The Morgan fingerprint density at radius 3 is 1.45 bits per heavy atom. The van der Waals surface area contributed by atoms with Crippen molar-refractivity contribution in [2.75, 3.05) is 0 Å². The first-order valence-electron chi connectivity index (χ1n) is 6.83. The van der Waals surface area contributed by atoms with Crippen molar-refractivity contribution < 1.29 is 9.90 Å². The number of rotatable bonds is 0. The van der Waals surface area contributed by atoms with E-state index in [9.17, 15) is 0 Å². The number of aromatic hydroxyl groups is 1. The lowest BCUT2D eigenvalue weighted by Crippen LogP contribution is -1.62. The van der Waals surface area contributed by atoms with E-state index < -0.39 is 0 Å². The molecule has 3 heteroatoms. The number of hydrogen-bond acceptors (Lipinski definition) is 2. The average Bonchev–Trinajstić information content (AvgIpc) is 2.97. The second-order valence-corrected chi connectivity index (χ2v) is 4.55. The minimum Gasteiger partial charge on any atom is -0.508 e. The van der Waals surface area contributed by atoms with Crippen molar-refractivity contribution in [2.24, 2.45) is 0 Å². The number of benzene rings is 3. The summed E-state index contributed by atoms with van der Waals surface area (Å²) >= 11 is 0. The zero-order valence-corrected chi connectivity index (χ0v) is 12.1. The van der Waals surface area contributed by atoms with Gasteiger partial charge >= 0.3 is 0 Å². The molecule has 3 aromatic carbocycles. The number of para-hydroxylation sites is 3. The number of phenolic OH excluding ortho intramolecular Hbond substituents is 1. The van der Waals surface area contributed by atoms with Gasteiger partial charge in [-0.1, -0.05) is 54.6 Å². The average molecular weight is 291 g/mol. The molecule has 22 heavy (non-hydrogen) atoms. The van der Waals surface area contributed by atoms with Crippen LogP contribution in [0.15, 0.2) is 78.9 Å². The molecule has 0 atom stereocenters. The Morgan fingerprint density at radius 1 is 0.636 bits per heavy atom. The standard InChI is InChI=1S/C12H9N.C6H6O.CH2O/c1-3-7-11-9(5-1)10-6-2-4-8-12(10)13-11;7-6-4-2-1-3-5-6;1-2/h1-8,13H;1-5,7H;1H2. The third kappa shape index (κ3) is 3.52. The Morgan fingerprint density at radius 2 is 1.05 bits per heavy atom. The van der Waals surface area contributed by atoms with Crippen molar-refractivity contribution in [1.82, 2.24) is 4.98 Å². The highest BCUT2D eigenvalue weighted by Gasteiger charge is 2.00. The molecule has 3 nitrogen and oxygen atoms in total. The monoisotopic (exact) mass is 291 g/mol. The lowest BCUT2D eigenvalue weighted by atomic mass is 10.2. The summed E-state index contributed by atoms with van der Waals surface area (Å²) in [4.78, 5) is 11.4. The molecule has 4 aromatic rings. The van der Waals surface area contributed by atoms with E-state index in [1.807, 2.05) is 12.9 Å². The number of aromatic nitrogens is 1. The van der Waals surface area contributed by atoms with Crippen LogP contribution in [0.25, 0.3) is 21.8 Å². The van der Waals surface area contributed by atoms with E-state index in [1.165, 1.54) is 21.8 Å². The highest BCUT2D eigenvalue weighted by molar-refractivity contribution is 6.06. The van der Waals surface area contributed by atoms with Gasteiger partial charge in [0.15, 0.2) is 0 Å². The summed E-state index contributed by atoms with van der Waals surface area (Å²) in [7, 11) is 0. The number of carbonyl (C=O) groups excluding carboxylic acids is 1. The van der Waals surface area contributed by atoms with Crippen LogP contribution in [0.4, 0.5) is 0 Å². The normalized spacial score (nSPS) is 9.45. The van der Waals surface area contributed by atoms with E-state index in [-0.39, 0.29) is 0 Å². The quantitative estimate of drug-likeness (QED) is 0.500. The van der Waals surface area contributed by atoms with Crippen LogP contribution in [-0.4, -0.2) is 16.9 Å². The minimum atomic E-state index is 0.322. The number of fused-ring (bicyclic) bond motifs is 3. The Kier molecular flexibility index (Phi) is 5.32. The molecule has 0 spiro atoms. The Balaban J connectivity index is 0.000000167. The van der Waals surface area contributed by atoms with Gasteiger partial charge in [-0.15, -0.1) is 0 Å². The van der Waals surface area contributed by atoms with Gasteiger partial charge in [0.25, 0.3) is 0 Å². The number of nitrogens with one attached hydrogen (secondary N) is 1. The molecule has 2 N–H and O–H groups in total. The predicted octanol–water partition coefficient (Wildman–Crippen LogP) is 4.53. The van der Waals surface area contributed by atoms with Crippen molar-refractivity contribution in [3.63, 3.8) is 0 Å². The number of H-pyrrole nitrogens is 1. The van der Waals surface area contributed by atoms with Gasteiger partial charge < -0.3 is 14.9 Å². The first kappa shape index (κ1) is 15.3. The van der Waals surface area contributed by atoms with Crippen molar-refractivity contribution >= 4 is 28.6 Å². The Bertz CT molecular complexity index is 787. The molecule has 0 radical (unpaired) electrons. The highest BCUT2D eigenvalue weighted by atomic mass is 16.3. The zero-order chi connectivity index (χ0) is 15.8. The maximum absolute atomic E-state index is 8.63. The maximum Gasteiger partial charge on any atom is 0.115 e. The van der Waals surface area contributed by atoms with Crippen LogP contribution >= 0.6 is 0 Å². The first-order valence-corrected chi connectivity index (χ1v) is 6.83. The van der Waals surface area contributed by atoms with Gasteiger partial charge in [0.05, 0.1) is 0 Å². The van der Waals surface area contributed by atoms with E-state index in [1.54, 1.807) is 24.3 Å². The lowest BCUT2D eigenvalue weighted by molar-refractivity contribution is -0.0979. The molecule has 0 amide bonds. The van der Waals surface area contributed by atoms with Gasteiger partial charge in [-0.2, -0.15) is 0 Å². The second kappa shape index (κ2) is 7.64. The molecule has 0 bridgehead atoms. The fourth-order valence-electron chi connectivity index (χ4n) is 2.23. The van der Waals surface area contributed by atoms with Crippen LogP contribution in [0.2, 0.25) is 0 Å². The van der Waals surface area contributed by atoms with Crippen LogP contribution in [0, 0.1) is 0 Å². The largest absolute Gasteiger partial charge is 0.508 e. The van der Waals surface area contributed by atoms with Gasteiger partial charge in [0.1, 0.15) is 12.5 Å². The van der Waals surface area contributed by atoms with Crippen LogP contribution in [0.3, 0.4) is 0 Å². The molecule has 4 rings (SSSR count). The third-order valence-corrected chi connectivity index (χ3v) is 3.17. The molecule has 0 saturated heterocycles. The summed E-state index contributed by atoms with van der Waals surface area (Å²) in [5, 5.41) is 11.2. The van der Waals surface area contributed by atoms with Crippen molar-refractivity contribution in [3.8, 4) is 5.75 Å². The summed E-state index contributed by atoms with van der Waals surface area (Å²) in [6.07, 6.45) is 0. The smallest absolute Gasteiger partial charge is 0.115 e. The van der Waals surface area contributed by atoms with Gasteiger partial charge in [-0.3, -0.25) is 0 Å². The molecule has 110 valence electrons. The van der Waals surface area contributed by atoms with Crippen molar-refractivity contribution in [2.45, 2.75) is 0 Å². The predicted molar refractivity (Wildman–Crippen MR) is 91.0 cm³/mol. The molecule has 0 aliphatic rings. The topological polar surface area (TPSA) is 53.1 Å². The highest BCUT2D eigenvalue weighted by Crippen LogP contribution is 2.24. The van der Waals surface area contributed by atoms with Gasteiger partial charge in [-0.25, -0.2) is 0 Å². The number of phenols is 1. The molecule has 0 fully saturated rings. The van der Waals surface area contributed by atoms with E-state index in [2.05, 4.69) is 53.5 Å². The van der Waals surface area contributed by atoms with Gasteiger partial charge in [-0.05, 0) is 24.3 Å². The molecule has 0 unspecified atom stereocenters. The van der Waals surface area contributed by atoms with E-state index in [4.69, 9.17) is 9.90 Å². The third-order valence-electron chi connectivity index (χ3n) is 3.17. The molecule has 0 saturated carbocycles. The van der Waals surface area contributed by atoms with E-state index in [0.717, 1.165) is 0 Å². The summed E-state index contributed by atoms with van der Waals surface area (Å²) < 4.78 is 0. The number of aromatic amines is 1. The molecule has 1 aromatic heterocycles. The summed E-state index contributed by atoms with van der Waals surface area (Å²) in [5.74, 6) is 0.322. The summed E-state index contributed by atoms with van der Waals surface area (Å²) in [5.41, 5.74) is 2.42. The van der Waals surface area contributed by atoms with E-state index in [0.29, 0.717) is 5.75 Å². The maximum atomic E-state index is 8.63. The SMILES string of the molecule is C=O.Oc1ccccc1.c1ccc2c(c1)[nH]c1ccccc12. The first-order chi connectivity index (χ1) is 10.8. The zero-order valence-electron chi connectivity index (χ0n) is 12.1. The molecule has 0 aliphatic carbocycles. The minimum absolute atomic E-state index is 0.322. The lowest BCUT2D eigenvalue weighted by Gasteiger charge is -1.87. The second-order valence-electron chi connectivity index (χ2n) is 4.55. The number of carbonyl (C=O) groups is 1. The number of hydrogen-bond donors (Lipinski definition) is 2.